The standard InChI is InChI=1S/C30H24FN3O4S3/c31-26-12-5-4-7-21(26)18-38-25-11-6-8-20(15-25)28-22(17-33(32-28)23-9-2-1-3-10-23)16-27-29(35)34(30(39)40-27)24-13-14-41(36,37)19-24/h1-12,15-17,24H,13-14,18-19H2/b27-16-. The molecule has 0 bridgehead atoms. The summed E-state index contributed by atoms with van der Waals surface area (Å²) < 4.78 is 46.2. The van der Waals surface area contributed by atoms with Crippen LogP contribution >= 0.6 is 24.0 Å². The molecule has 0 spiro atoms. The molecule has 1 amide bonds. The van der Waals surface area contributed by atoms with E-state index in [4.69, 9.17) is 22.1 Å². The SMILES string of the molecule is O=C1/C(=C/c2cn(-c3ccccc3)nc2-c2cccc(OCc3ccccc3F)c2)SC(=S)N1C1CCS(=O)(=O)C1. The Labute approximate surface area is 246 Å². The third-order valence-corrected chi connectivity index (χ3v) is 9.99. The number of hydrogen-bond donors (Lipinski definition) is 0. The third kappa shape index (κ3) is 5.83. The van der Waals surface area contributed by atoms with E-state index in [-0.39, 0.29) is 29.8 Å². The lowest BCUT2D eigenvalue weighted by Crippen LogP contribution is -2.39. The fourth-order valence-electron chi connectivity index (χ4n) is 4.85. The van der Waals surface area contributed by atoms with Crippen molar-refractivity contribution in [2.75, 3.05) is 11.5 Å². The Hall–Kier alpha value is -3.80. The van der Waals surface area contributed by atoms with Gasteiger partial charge in [0.25, 0.3) is 5.91 Å². The van der Waals surface area contributed by atoms with Gasteiger partial charge in [0.15, 0.2) is 9.84 Å². The van der Waals surface area contributed by atoms with Gasteiger partial charge in [0, 0.05) is 22.9 Å². The van der Waals surface area contributed by atoms with Gasteiger partial charge in [-0.1, -0.05) is 72.5 Å². The van der Waals surface area contributed by atoms with Gasteiger partial charge >= 0.3 is 0 Å². The summed E-state index contributed by atoms with van der Waals surface area (Å²) in [5.41, 5.74) is 3.32. The Bertz CT molecular complexity index is 1790. The van der Waals surface area contributed by atoms with Crippen LogP contribution in [0.3, 0.4) is 0 Å². The molecule has 1 unspecified atom stereocenters. The maximum Gasteiger partial charge on any atom is 0.266 e. The molecular weight excluding hydrogens is 582 g/mol. The van der Waals surface area contributed by atoms with Crippen LogP contribution in [0.4, 0.5) is 4.39 Å². The van der Waals surface area contributed by atoms with Crippen LogP contribution in [0.2, 0.25) is 0 Å². The quantitative estimate of drug-likeness (QED) is 0.199. The lowest BCUT2D eigenvalue weighted by molar-refractivity contribution is -0.123. The Morgan fingerprint density at radius 1 is 1.07 bits per heavy atom. The topological polar surface area (TPSA) is 81.5 Å². The van der Waals surface area contributed by atoms with Gasteiger partial charge in [0.2, 0.25) is 0 Å². The lowest BCUT2D eigenvalue weighted by atomic mass is 10.1. The second-order valence-corrected chi connectivity index (χ2v) is 13.6. The summed E-state index contributed by atoms with van der Waals surface area (Å²) in [5, 5.41) is 4.84. The summed E-state index contributed by atoms with van der Waals surface area (Å²) in [5.74, 6) is -0.122. The van der Waals surface area contributed by atoms with Crippen LogP contribution in [0.25, 0.3) is 23.0 Å². The molecule has 1 aromatic heterocycles. The molecular formula is C30H24FN3O4S3. The van der Waals surface area contributed by atoms with Crippen molar-refractivity contribution >= 4 is 50.1 Å². The Kier molecular flexibility index (Phi) is 7.50. The summed E-state index contributed by atoms with van der Waals surface area (Å²) in [6, 6.07) is 22.9. The molecule has 2 fully saturated rings. The zero-order valence-electron chi connectivity index (χ0n) is 21.6. The number of rotatable bonds is 7. The van der Waals surface area contributed by atoms with Gasteiger partial charge in [-0.3, -0.25) is 9.69 Å². The second kappa shape index (κ2) is 11.2. The van der Waals surface area contributed by atoms with Gasteiger partial charge in [-0.2, -0.15) is 5.10 Å². The highest BCUT2D eigenvalue weighted by molar-refractivity contribution is 8.26. The van der Waals surface area contributed by atoms with E-state index in [9.17, 15) is 17.6 Å². The molecule has 2 aliphatic heterocycles. The van der Waals surface area contributed by atoms with Gasteiger partial charge in [0.05, 0.1) is 28.1 Å². The highest BCUT2D eigenvalue weighted by Gasteiger charge is 2.42. The molecule has 2 saturated heterocycles. The summed E-state index contributed by atoms with van der Waals surface area (Å²) in [6.45, 7) is 0.0702. The number of sulfone groups is 1. The summed E-state index contributed by atoms with van der Waals surface area (Å²) in [7, 11) is -3.18. The zero-order chi connectivity index (χ0) is 28.6. The average molecular weight is 606 g/mol. The number of halogens is 1. The maximum absolute atomic E-state index is 14.1. The Morgan fingerprint density at radius 3 is 2.61 bits per heavy atom. The van der Waals surface area contributed by atoms with E-state index in [1.165, 1.54) is 11.0 Å². The minimum Gasteiger partial charge on any atom is -0.489 e. The van der Waals surface area contributed by atoms with Crippen molar-refractivity contribution in [3.63, 3.8) is 0 Å². The van der Waals surface area contributed by atoms with E-state index in [2.05, 4.69) is 0 Å². The predicted octanol–water partition coefficient (Wildman–Crippen LogP) is 5.65. The molecule has 0 aliphatic carbocycles. The molecule has 1 atom stereocenters. The number of aromatic nitrogens is 2. The van der Waals surface area contributed by atoms with Crippen molar-refractivity contribution in [3.8, 4) is 22.7 Å². The number of benzene rings is 3. The molecule has 11 heteroatoms. The highest BCUT2D eigenvalue weighted by atomic mass is 32.2. The van der Waals surface area contributed by atoms with Gasteiger partial charge in [-0.15, -0.1) is 0 Å². The molecule has 6 rings (SSSR count). The van der Waals surface area contributed by atoms with Crippen LogP contribution in [-0.2, 0) is 21.2 Å². The first-order chi connectivity index (χ1) is 19.8. The molecule has 3 heterocycles. The minimum atomic E-state index is -3.18. The minimum absolute atomic E-state index is 0.0527. The lowest BCUT2D eigenvalue weighted by Gasteiger charge is -2.20. The second-order valence-electron chi connectivity index (χ2n) is 9.73. The van der Waals surface area contributed by atoms with Gasteiger partial charge < -0.3 is 4.74 Å². The van der Waals surface area contributed by atoms with E-state index in [0.29, 0.717) is 38.2 Å². The van der Waals surface area contributed by atoms with Crippen molar-refractivity contribution in [1.29, 1.82) is 0 Å². The number of thiocarbonyl (C=S) groups is 1. The van der Waals surface area contributed by atoms with Crippen molar-refractivity contribution < 1.29 is 22.3 Å². The van der Waals surface area contributed by atoms with Gasteiger partial charge in [-0.05, 0) is 42.8 Å². The molecule has 0 N–H and O–H groups in total. The van der Waals surface area contributed by atoms with E-state index < -0.39 is 15.9 Å². The van der Waals surface area contributed by atoms with E-state index in [1.54, 1.807) is 35.0 Å². The molecule has 41 heavy (non-hydrogen) atoms. The number of para-hydroxylation sites is 1. The van der Waals surface area contributed by atoms with E-state index in [0.717, 1.165) is 23.0 Å². The largest absolute Gasteiger partial charge is 0.489 e. The maximum atomic E-state index is 14.1. The fourth-order valence-corrected chi connectivity index (χ4v) is 7.95. The molecule has 0 radical (unpaired) electrons. The number of carbonyl (C=O) groups is 1. The molecule has 0 saturated carbocycles. The number of carbonyl (C=O) groups excluding carboxylic acids is 1. The number of amides is 1. The van der Waals surface area contributed by atoms with Crippen LogP contribution in [0.1, 0.15) is 17.5 Å². The molecule has 3 aromatic carbocycles. The molecule has 208 valence electrons. The normalized spacial score (nSPS) is 19.3. The van der Waals surface area contributed by atoms with Crippen LogP contribution in [0, 0.1) is 5.82 Å². The fraction of sp³-hybridized carbons (Fsp3) is 0.167. The first-order valence-electron chi connectivity index (χ1n) is 12.9. The van der Waals surface area contributed by atoms with E-state index >= 15 is 0 Å². The predicted molar refractivity (Wildman–Crippen MR) is 162 cm³/mol. The smallest absolute Gasteiger partial charge is 0.266 e. The monoisotopic (exact) mass is 605 g/mol. The van der Waals surface area contributed by atoms with E-state index in [1.807, 2.05) is 54.7 Å². The summed E-state index contributed by atoms with van der Waals surface area (Å²) in [6.07, 6.45) is 3.96. The summed E-state index contributed by atoms with van der Waals surface area (Å²) in [4.78, 5) is 15.3. The first-order valence-corrected chi connectivity index (χ1v) is 15.9. The average Bonchev–Trinajstić information content (AvgIpc) is 3.63. The van der Waals surface area contributed by atoms with Gasteiger partial charge in [-0.25, -0.2) is 17.5 Å². The van der Waals surface area contributed by atoms with Crippen molar-refractivity contribution in [3.05, 3.63) is 107 Å². The van der Waals surface area contributed by atoms with Crippen molar-refractivity contribution in [2.45, 2.75) is 19.1 Å². The van der Waals surface area contributed by atoms with Gasteiger partial charge in [0.1, 0.15) is 28.2 Å². The first kappa shape index (κ1) is 27.4. The number of ether oxygens (including phenoxy) is 1. The number of hydrogen-bond acceptors (Lipinski definition) is 7. The number of thioether (sulfide) groups is 1. The zero-order valence-corrected chi connectivity index (χ0v) is 24.1. The van der Waals surface area contributed by atoms with Crippen LogP contribution in [0.15, 0.2) is 90.0 Å². The van der Waals surface area contributed by atoms with Crippen LogP contribution < -0.4 is 4.74 Å². The summed E-state index contributed by atoms with van der Waals surface area (Å²) >= 11 is 6.65. The van der Waals surface area contributed by atoms with Crippen molar-refractivity contribution in [2.24, 2.45) is 0 Å². The number of nitrogens with zero attached hydrogens (tertiary/aromatic N) is 3. The Balaban J connectivity index is 1.34. The molecule has 7 nitrogen and oxygen atoms in total. The van der Waals surface area contributed by atoms with Crippen molar-refractivity contribution in [1.82, 2.24) is 14.7 Å². The third-order valence-electron chi connectivity index (χ3n) is 6.91. The highest BCUT2D eigenvalue weighted by Crippen LogP contribution is 2.38. The Morgan fingerprint density at radius 2 is 1.85 bits per heavy atom. The molecule has 4 aromatic rings. The van der Waals surface area contributed by atoms with Crippen LogP contribution in [-0.4, -0.2) is 50.9 Å². The molecule has 2 aliphatic rings. The van der Waals surface area contributed by atoms with Crippen LogP contribution in [0.5, 0.6) is 5.75 Å².